The van der Waals surface area contributed by atoms with E-state index in [-0.39, 0.29) is 6.10 Å². The molecule has 1 saturated heterocycles. The standard InChI is InChI=1S/C14H21BrN2O2/c1-8-9(2)19-10(3)14(8)12(15)5-11-6-13(18-4)17-7-16-11/h6-10,12,14H,5H2,1-4H3. The van der Waals surface area contributed by atoms with Crippen LogP contribution in [0.2, 0.25) is 0 Å². The molecule has 2 heterocycles. The first-order valence-corrected chi connectivity index (χ1v) is 7.59. The minimum atomic E-state index is 0.276. The van der Waals surface area contributed by atoms with Gasteiger partial charge in [0.2, 0.25) is 5.88 Å². The van der Waals surface area contributed by atoms with E-state index in [1.54, 1.807) is 13.4 Å². The first-order chi connectivity index (χ1) is 9.02. The van der Waals surface area contributed by atoms with Crippen LogP contribution in [0.15, 0.2) is 12.4 Å². The van der Waals surface area contributed by atoms with Crippen molar-refractivity contribution in [2.75, 3.05) is 7.11 Å². The van der Waals surface area contributed by atoms with Crippen LogP contribution in [-0.4, -0.2) is 34.1 Å². The second-order valence-electron chi connectivity index (χ2n) is 5.25. The number of hydrogen-bond donors (Lipinski definition) is 0. The number of methoxy groups -OCH3 is 1. The van der Waals surface area contributed by atoms with Gasteiger partial charge in [-0.25, -0.2) is 9.97 Å². The number of alkyl halides is 1. The molecule has 0 spiro atoms. The number of ether oxygens (including phenoxy) is 2. The zero-order valence-electron chi connectivity index (χ0n) is 11.8. The van der Waals surface area contributed by atoms with E-state index in [0.29, 0.717) is 28.6 Å². The van der Waals surface area contributed by atoms with E-state index in [0.717, 1.165) is 12.1 Å². The van der Waals surface area contributed by atoms with Gasteiger partial charge in [-0.3, -0.25) is 0 Å². The molecule has 1 aliphatic heterocycles. The molecule has 5 unspecified atom stereocenters. The lowest BCUT2D eigenvalue weighted by molar-refractivity contribution is 0.0511. The van der Waals surface area contributed by atoms with Gasteiger partial charge in [0.15, 0.2) is 0 Å². The molecule has 5 heteroatoms. The fourth-order valence-electron chi connectivity index (χ4n) is 2.85. The van der Waals surface area contributed by atoms with Gasteiger partial charge in [0.05, 0.1) is 19.3 Å². The second-order valence-corrected chi connectivity index (χ2v) is 6.43. The molecular weight excluding hydrogens is 308 g/mol. The van der Waals surface area contributed by atoms with Crippen LogP contribution in [0.1, 0.15) is 26.5 Å². The smallest absolute Gasteiger partial charge is 0.216 e. The predicted octanol–water partition coefficient (Wildman–Crippen LogP) is 2.85. The molecule has 1 aromatic heterocycles. The summed E-state index contributed by atoms with van der Waals surface area (Å²) in [5.41, 5.74) is 0.993. The van der Waals surface area contributed by atoms with Crippen LogP contribution in [0.5, 0.6) is 5.88 Å². The van der Waals surface area contributed by atoms with Gasteiger partial charge in [0.1, 0.15) is 6.33 Å². The Hall–Kier alpha value is -0.680. The Bertz CT molecular complexity index is 430. The Labute approximate surface area is 123 Å². The summed E-state index contributed by atoms with van der Waals surface area (Å²) < 4.78 is 11.0. The quantitative estimate of drug-likeness (QED) is 0.797. The van der Waals surface area contributed by atoms with E-state index >= 15 is 0 Å². The Kier molecular flexibility index (Phi) is 4.79. The van der Waals surface area contributed by atoms with Crippen molar-refractivity contribution in [3.63, 3.8) is 0 Å². The average molecular weight is 329 g/mol. The lowest BCUT2D eigenvalue weighted by Gasteiger charge is -2.24. The normalized spacial score (nSPS) is 32.3. The highest BCUT2D eigenvalue weighted by atomic mass is 79.9. The van der Waals surface area contributed by atoms with Crippen molar-refractivity contribution in [1.82, 2.24) is 9.97 Å². The van der Waals surface area contributed by atoms with Gasteiger partial charge >= 0.3 is 0 Å². The average Bonchev–Trinajstić information content (AvgIpc) is 2.63. The minimum Gasteiger partial charge on any atom is -0.481 e. The van der Waals surface area contributed by atoms with Gasteiger partial charge in [-0.15, -0.1) is 0 Å². The predicted molar refractivity (Wildman–Crippen MR) is 77.7 cm³/mol. The van der Waals surface area contributed by atoms with E-state index in [1.165, 1.54) is 0 Å². The van der Waals surface area contributed by atoms with Crippen LogP contribution in [0.4, 0.5) is 0 Å². The summed E-state index contributed by atoms with van der Waals surface area (Å²) in [5.74, 6) is 1.65. The molecule has 5 atom stereocenters. The molecule has 0 aromatic carbocycles. The maximum absolute atomic E-state index is 5.90. The molecule has 4 nitrogen and oxygen atoms in total. The molecule has 2 rings (SSSR count). The Morgan fingerprint density at radius 1 is 1.32 bits per heavy atom. The van der Waals surface area contributed by atoms with Crippen LogP contribution in [-0.2, 0) is 11.2 Å². The Morgan fingerprint density at radius 2 is 2.05 bits per heavy atom. The van der Waals surface area contributed by atoms with Crippen molar-refractivity contribution in [3.05, 3.63) is 18.1 Å². The SMILES string of the molecule is COc1cc(CC(Br)C2C(C)OC(C)C2C)ncn1. The summed E-state index contributed by atoms with van der Waals surface area (Å²) in [5, 5.41) is 0. The molecular formula is C14H21BrN2O2. The molecule has 1 fully saturated rings. The monoisotopic (exact) mass is 328 g/mol. The largest absolute Gasteiger partial charge is 0.481 e. The third-order valence-corrected chi connectivity index (χ3v) is 4.98. The van der Waals surface area contributed by atoms with Crippen molar-refractivity contribution >= 4 is 15.9 Å². The van der Waals surface area contributed by atoms with Crippen LogP contribution in [0.3, 0.4) is 0 Å². The number of rotatable bonds is 4. The van der Waals surface area contributed by atoms with E-state index in [1.807, 2.05) is 6.07 Å². The Morgan fingerprint density at radius 3 is 2.63 bits per heavy atom. The van der Waals surface area contributed by atoms with Gasteiger partial charge in [-0.2, -0.15) is 0 Å². The topological polar surface area (TPSA) is 44.2 Å². The molecule has 0 aliphatic carbocycles. The van der Waals surface area contributed by atoms with E-state index in [2.05, 4.69) is 46.7 Å². The van der Waals surface area contributed by atoms with Crippen molar-refractivity contribution in [1.29, 1.82) is 0 Å². The molecule has 0 bridgehead atoms. The number of halogens is 1. The van der Waals surface area contributed by atoms with Crippen LogP contribution in [0.25, 0.3) is 0 Å². The maximum Gasteiger partial charge on any atom is 0.216 e. The van der Waals surface area contributed by atoms with Gasteiger partial charge < -0.3 is 9.47 Å². The second kappa shape index (κ2) is 6.18. The van der Waals surface area contributed by atoms with Gasteiger partial charge in [0, 0.05) is 28.9 Å². The van der Waals surface area contributed by atoms with Crippen molar-refractivity contribution < 1.29 is 9.47 Å². The zero-order chi connectivity index (χ0) is 14.0. The lowest BCUT2D eigenvalue weighted by atomic mass is 9.85. The summed E-state index contributed by atoms with van der Waals surface area (Å²) in [6.07, 6.45) is 3.00. The van der Waals surface area contributed by atoms with Gasteiger partial charge in [-0.1, -0.05) is 22.9 Å². The first kappa shape index (κ1) is 14.7. The van der Waals surface area contributed by atoms with Crippen molar-refractivity contribution in [2.24, 2.45) is 11.8 Å². The summed E-state index contributed by atoms with van der Waals surface area (Å²) in [4.78, 5) is 8.69. The van der Waals surface area contributed by atoms with Gasteiger partial charge in [-0.05, 0) is 19.8 Å². The third-order valence-electron chi connectivity index (χ3n) is 4.05. The van der Waals surface area contributed by atoms with Crippen LogP contribution >= 0.6 is 15.9 Å². The highest BCUT2D eigenvalue weighted by Gasteiger charge is 2.40. The summed E-state index contributed by atoms with van der Waals surface area (Å²) in [6.45, 7) is 6.56. The van der Waals surface area contributed by atoms with E-state index in [4.69, 9.17) is 9.47 Å². The maximum atomic E-state index is 5.90. The zero-order valence-corrected chi connectivity index (χ0v) is 13.4. The molecule has 1 aliphatic rings. The highest BCUT2D eigenvalue weighted by molar-refractivity contribution is 9.09. The minimum absolute atomic E-state index is 0.276. The molecule has 19 heavy (non-hydrogen) atoms. The van der Waals surface area contributed by atoms with Gasteiger partial charge in [0.25, 0.3) is 0 Å². The van der Waals surface area contributed by atoms with E-state index < -0.39 is 0 Å². The fourth-order valence-corrected chi connectivity index (χ4v) is 4.10. The number of aromatic nitrogens is 2. The first-order valence-electron chi connectivity index (χ1n) is 6.67. The van der Waals surface area contributed by atoms with E-state index in [9.17, 15) is 0 Å². The molecule has 0 N–H and O–H groups in total. The molecule has 1 aromatic rings. The fraction of sp³-hybridized carbons (Fsp3) is 0.714. The summed E-state index contributed by atoms with van der Waals surface area (Å²) >= 11 is 3.81. The third kappa shape index (κ3) is 3.26. The summed E-state index contributed by atoms with van der Waals surface area (Å²) in [6, 6.07) is 1.89. The van der Waals surface area contributed by atoms with Crippen LogP contribution < -0.4 is 4.74 Å². The molecule has 0 amide bonds. The molecule has 106 valence electrons. The number of nitrogens with zero attached hydrogens (tertiary/aromatic N) is 2. The Balaban J connectivity index is 2.06. The highest BCUT2D eigenvalue weighted by Crippen LogP contribution is 2.38. The van der Waals surface area contributed by atoms with Crippen LogP contribution in [0, 0.1) is 11.8 Å². The summed E-state index contributed by atoms with van der Waals surface area (Å²) in [7, 11) is 1.62. The number of hydrogen-bond acceptors (Lipinski definition) is 4. The van der Waals surface area contributed by atoms with Crippen molar-refractivity contribution in [3.8, 4) is 5.88 Å². The molecule has 0 saturated carbocycles. The lowest BCUT2D eigenvalue weighted by Crippen LogP contribution is -2.28. The van der Waals surface area contributed by atoms with Crippen molar-refractivity contribution in [2.45, 2.75) is 44.2 Å². The molecule has 0 radical (unpaired) electrons.